The number of piperidine rings is 1. The minimum absolute atomic E-state index is 0.0555. The van der Waals surface area contributed by atoms with Gasteiger partial charge in [-0.25, -0.2) is 4.79 Å². The molecule has 1 aliphatic rings. The predicted molar refractivity (Wildman–Crippen MR) is 73.7 cm³/mol. The van der Waals surface area contributed by atoms with Crippen molar-refractivity contribution in [1.29, 1.82) is 0 Å². The molecular weight excluding hydrogens is 256 g/mol. The molecule has 2 heterocycles. The van der Waals surface area contributed by atoms with Gasteiger partial charge in [-0.3, -0.25) is 0 Å². The smallest absolute Gasteiger partial charge is 0.358 e. The van der Waals surface area contributed by atoms with Crippen molar-refractivity contribution in [3.05, 3.63) is 41.6 Å². The molecule has 2 N–H and O–H groups in total. The average molecular weight is 272 g/mol. The number of carboxylic acid groups (broad SMARTS) is 1. The standard InChI is InChI=1S/C15H16N2O3/c18-15(19)13-9-14(20-17-13)12-4-2-1-3-11(12)10-5-7-16-8-6-10/h1-4,9-10,16H,5-8H2,(H,18,19). The third-order valence-corrected chi connectivity index (χ3v) is 3.73. The van der Waals surface area contributed by atoms with Gasteiger partial charge in [0.15, 0.2) is 11.5 Å². The summed E-state index contributed by atoms with van der Waals surface area (Å²) in [5.41, 5.74) is 2.10. The van der Waals surface area contributed by atoms with Crippen molar-refractivity contribution in [2.24, 2.45) is 0 Å². The molecule has 1 aromatic carbocycles. The highest BCUT2D eigenvalue weighted by Crippen LogP contribution is 2.34. The second kappa shape index (κ2) is 5.46. The summed E-state index contributed by atoms with van der Waals surface area (Å²) in [5, 5.41) is 15.9. The van der Waals surface area contributed by atoms with Crippen molar-refractivity contribution in [2.45, 2.75) is 18.8 Å². The van der Waals surface area contributed by atoms with Crippen LogP contribution in [0.25, 0.3) is 11.3 Å². The average Bonchev–Trinajstić information content (AvgIpc) is 2.98. The number of carbonyl (C=O) groups is 1. The molecule has 1 saturated heterocycles. The van der Waals surface area contributed by atoms with Crippen molar-refractivity contribution in [2.75, 3.05) is 13.1 Å². The highest BCUT2D eigenvalue weighted by Gasteiger charge is 2.21. The number of rotatable bonds is 3. The molecule has 0 amide bonds. The molecule has 0 spiro atoms. The van der Waals surface area contributed by atoms with Gasteiger partial charge in [-0.1, -0.05) is 29.4 Å². The Hall–Kier alpha value is -2.14. The van der Waals surface area contributed by atoms with E-state index in [4.69, 9.17) is 9.63 Å². The molecule has 5 heteroatoms. The first kappa shape index (κ1) is 12.9. The van der Waals surface area contributed by atoms with E-state index in [2.05, 4.69) is 16.5 Å². The maximum Gasteiger partial charge on any atom is 0.358 e. The monoisotopic (exact) mass is 272 g/mol. The fourth-order valence-corrected chi connectivity index (χ4v) is 2.71. The zero-order valence-electron chi connectivity index (χ0n) is 11.0. The summed E-state index contributed by atoms with van der Waals surface area (Å²) in [5.74, 6) is -0.0679. The molecule has 2 aromatic rings. The van der Waals surface area contributed by atoms with Gasteiger partial charge in [0.05, 0.1) is 0 Å². The van der Waals surface area contributed by atoms with Crippen LogP contribution in [0.15, 0.2) is 34.9 Å². The minimum atomic E-state index is -1.07. The Morgan fingerprint density at radius 2 is 2.05 bits per heavy atom. The van der Waals surface area contributed by atoms with Gasteiger partial charge in [0.25, 0.3) is 0 Å². The lowest BCUT2D eigenvalue weighted by Gasteiger charge is -2.24. The second-order valence-electron chi connectivity index (χ2n) is 4.99. The van der Waals surface area contributed by atoms with E-state index in [1.54, 1.807) is 0 Å². The lowest BCUT2D eigenvalue weighted by molar-refractivity contribution is 0.0686. The van der Waals surface area contributed by atoms with Gasteiger partial charge in [-0.15, -0.1) is 0 Å². The number of hydrogen-bond acceptors (Lipinski definition) is 4. The molecule has 1 aliphatic heterocycles. The SMILES string of the molecule is O=C(O)c1cc(-c2ccccc2C2CCNCC2)on1. The van der Waals surface area contributed by atoms with Crippen LogP contribution in [0, 0.1) is 0 Å². The van der Waals surface area contributed by atoms with Crippen LogP contribution in [0.1, 0.15) is 34.8 Å². The van der Waals surface area contributed by atoms with E-state index >= 15 is 0 Å². The van der Waals surface area contributed by atoms with E-state index in [0.29, 0.717) is 11.7 Å². The fourth-order valence-electron chi connectivity index (χ4n) is 2.71. The Kier molecular flexibility index (Phi) is 3.52. The van der Waals surface area contributed by atoms with Crippen molar-refractivity contribution in [1.82, 2.24) is 10.5 Å². The van der Waals surface area contributed by atoms with Crippen LogP contribution in [-0.2, 0) is 0 Å². The summed E-state index contributed by atoms with van der Waals surface area (Å²) in [6, 6.07) is 9.48. The quantitative estimate of drug-likeness (QED) is 0.898. The van der Waals surface area contributed by atoms with Crippen LogP contribution in [-0.4, -0.2) is 29.3 Å². The van der Waals surface area contributed by atoms with Gasteiger partial charge >= 0.3 is 5.97 Å². The van der Waals surface area contributed by atoms with Gasteiger partial charge in [-0.2, -0.15) is 0 Å². The number of aromatic nitrogens is 1. The molecule has 1 aromatic heterocycles. The molecule has 0 bridgehead atoms. The summed E-state index contributed by atoms with van der Waals surface area (Å²) in [6.45, 7) is 2.02. The van der Waals surface area contributed by atoms with Gasteiger partial charge in [-0.05, 0) is 37.4 Å². The zero-order chi connectivity index (χ0) is 13.9. The lowest BCUT2D eigenvalue weighted by Crippen LogP contribution is -2.26. The fraction of sp³-hybridized carbons (Fsp3) is 0.333. The molecule has 104 valence electrons. The first-order valence-electron chi connectivity index (χ1n) is 6.76. The number of nitrogens with zero attached hydrogens (tertiary/aromatic N) is 1. The molecule has 0 aliphatic carbocycles. The maximum absolute atomic E-state index is 10.9. The highest BCUT2D eigenvalue weighted by atomic mass is 16.5. The van der Waals surface area contributed by atoms with E-state index in [9.17, 15) is 4.79 Å². The highest BCUT2D eigenvalue weighted by molar-refractivity contribution is 5.86. The van der Waals surface area contributed by atoms with E-state index in [1.807, 2.05) is 18.2 Å². The van der Waals surface area contributed by atoms with Crippen LogP contribution in [0.4, 0.5) is 0 Å². The summed E-state index contributed by atoms with van der Waals surface area (Å²) >= 11 is 0. The first-order chi connectivity index (χ1) is 9.75. The largest absolute Gasteiger partial charge is 0.476 e. The Balaban J connectivity index is 1.97. The summed E-state index contributed by atoms with van der Waals surface area (Å²) < 4.78 is 5.20. The summed E-state index contributed by atoms with van der Waals surface area (Å²) in [7, 11) is 0. The van der Waals surface area contributed by atoms with Gasteiger partial charge in [0.1, 0.15) is 0 Å². The Bertz CT molecular complexity index is 615. The third-order valence-electron chi connectivity index (χ3n) is 3.73. The van der Waals surface area contributed by atoms with Crippen LogP contribution in [0.3, 0.4) is 0 Å². The Morgan fingerprint density at radius 1 is 1.30 bits per heavy atom. The van der Waals surface area contributed by atoms with Crippen molar-refractivity contribution < 1.29 is 14.4 Å². The van der Waals surface area contributed by atoms with Gasteiger partial charge in [0.2, 0.25) is 0 Å². The molecule has 0 atom stereocenters. The number of benzene rings is 1. The van der Waals surface area contributed by atoms with Crippen molar-refractivity contribution in [3.63, 3.8) is 0 Å². The second-order valence-corrected chi connectivity index (χ2v) is 4.99. The van der Waals surface area contributed by atoms with E-state index in [1.165, 1.54) is 11.6 Å². The molecule has 5 nitrogen and oxygen atoms in total. The summed E-state index contributed by atoms with van der Waals surface area (Å²) in [6.07, 6.45) is 2.16. The van der Waals surface area contributed by atoms with Gasteiger partial charge in [0, 0.05) is 11.6 Å². The van der Waals surface area contributed by atoms with Crippen molar-refractivity contribution >= 4 is 5.97 Å². The van der Waals surface area contributed by atoms with Crippen LogP contribution >= 0.6 is 0 Å². The third kappa shape index (κ3) is 2.44. The normalized spacial score (nSPS) is 16.2. The summed E-state index contributed by atoms with van der Waals surface area (Å²) in [4.78, 5) is 10.9. The van der Waals surface area contributed by atoms with Crippen molar-refractivity contribution in [3.8, 4) is 11.3 Å². The topological polar surface area (TPSA) is 75.4 Å². The molecule has 0 unspecified atom stereocenters. The number of carboxylic acids is 1. The number of hydrogen-bond donors (Lipinski definition) is 2. The molecule has 0 radical (unpaired) electrons. The van der Waals surface area contributed by atoms with Gasteiger partial charge < -0.3 is 14.9 Å². The van der Waals surface area contributed by atoms with Crippen LogP contribution in [0.2, 0.25) is 0 Å². The number of nitrogens with one attached hydrogen (secondary N) is 1. The molecule has 0 saturated carbocycles. The molecule has 3 rings (SSSR count). The van der Waals surface area contributed by atoms with E-state index in [0.717, 1.165) is 31.5 Å². The predicted octanol–water partition coefficient (Wildman–Crippen LogP) is 2.51. The number of aromatic carboxylic acids is 1. The molecule has 1 fully saturated rings. The maximum atomic E-state index is 10.9. The molecular formula is C15H16N2O3. The lowest BCUT2D eigenvalue weighted by atomic mass is 9.86. The van der Waals surface area contributed by atoms with E-state index < -0.39 is 5.97 Å². The zero-order valence-corrected chi connectivity index (χ0v) is 11.0. The van der Waals surface area contributed by atoms with Crippen LogP contribution < -0.4 is 5.32 Å². The Labute approximate surface area is 116 Å². The Morgan fingerprint density at radius 3 is 2.75 bits per heavy atom. The van der Waals surface area contributed by atoms with Crippen LogP contribution in [0.5, 0.6) is 0 Å². The molecule has 20 heavy (non-hydrogen) atoms. The van der Waals surface area contributed by atoms with E-state index in [-0.39, 0.29) is 5.69 Å². The minimum Gasteiger partial charge on any atom is -0.476 e. The first-order valence-corrected chi connectivity index (χ1v) is 6.76.